The number of benzene rings is 1. The van der Waals surface area contributed by atoms with Crippen LogP contribution in [0.2, 0.25) is 10.0 Å². The lowest BCUT2D eigenvalue weighted by Gasteiger charge is -2.37. The Morgan fingerprint density at radius 1 is 1.29 bits per heavy atom. The summed E-state index contributed by atoms with van der Waals surface area (Å²) >= 11 is 11.9. The van der Waals surface area contributed by atoms with Gasteiger partial charge < -0.3 is 15.4 Å². The van der Waals surface area contributed by atoms with Crippen LogP contribution >= 0.6 is 23.2 Å². The van der Waals surface area contributed by atoms with Crippen LogP contribution in [0.3, 0.4) is 0 Å². The number of amides is 1. The van der Waals surface area contributed by atoms with E-state index in [1.54, 1.807) is 4.90 Å². The fourth-order valence-electron chi connectivity index (χ4n) is 3.53. The summed E-state index contributed by atoms with van der Waals surface area (Å²) in [4.78, 5) is 14.6. The third kappa shape index (κ3) is 3.85. The van der Waals surface area contributed by atoms with Crippen molar-refractivity contribution in [2.45, 2.75) is 37.8 Å². The second-order valence-corrected chi connectivity index (χ2v) is 7.37. The minimum Gasteiger partial charge on any atom is -0.370 e. The molecule has 1 saturated carbocycles. The van der Waals surface area contributed by atoms with E-state index in [1.165, 1.54) is 12.1 Å². The van der Waals surface area contributed by atoms with E-state index in [1.807, 2.05) is 0 Å². The molecule has 3 unspecified atom stereocenters. The average molecular weight is 375 g/mol. The predicted octanol–water partition coefficient (Wildman–Crippen LogP) is 3.55. The smallest absolute Gasteiger partial charge is 0.225 e. The van der Waals surface area contributed by atoms with Gasteiger partial charge in [0.1, 0.15) is 11.9 Å². The lowest BCUT2D eigenvalue weighted by molar-refractivity contribution is -0.144. The Labute approximate surface area is 151 Å². The zero-order chi connectivity index (χ0) is 17.3. The van der Waals surface area contributed by atoms with E-state index in [0.29, 0.717) is 30.3 Å². The van der Waals surface area contributed by atoms with E-state index >= 15 is 0 Å². The highest BCUT2D eigenvalue weighted by molar-refractivity contribution is 6.35. The first-order valence-corrected chi connectivity index (χ1v) is 9.01. The van der Waals surface area contributed by atoms with E-state index in [4.69, 9.17) is 33.7 Å². The highest BCUT2D eigenvalue weighted by Gasteiger charge is 2.33. The van der Waals surface area contributed by atoms with Gasteiger partial charge in [-0.05, 0) is 31.4 Å². The third-order valence-corrected chi connectivity index (χ3v) is 5.45. The number of nitrogens with two attached hydrogens (primary N) is 1. The fourth-order valence-corrected chi connectivity index (χ4v) is 4.04. The number of nitrogens with zero attached hydrogens (tertiary/aromatic N) is 1. The standard InChI is InChI=1S/C17H21Cl2FN2O2/c18-13-8-14(19)15(20)7-12(13)16-9-22(4-5-24-16)17(23)10-2-1-3-11(21)6-10/h7-8,10-11,16H,1-6,9,21H2. The number of morpholine rings is 1. The first kappa shape index (κ1) is 17.9. The van der Waals surface area contributed by atoms with Gasteiger partial charge in [0.2, 0.25) is 5.91 Å². The Morgan fingerprint density at radius 3 is 2.83 bits per heavy atom. The highest BCUT2D eigenvalue weighted by Crippen LogP contribution is 2.33. The molecule has 0 radical (unpaired) electrons. The number of hydrogen-bond acceptors (Lipinski definition) is 3. The van der Waals surface area contributed by atoms with Crippen LogP contribution in [-0.2, 0) is 9.53 Å². The lowest BCUT2D eigenvalue weighted by atomic mass is 9.85. The molecule has 3 rings (SSSR count). The van der Waals surface area contributed by atoms with Gasteiger partial charge in [-0.15, -0.1) is 0 Å². The lowest BCUT2D eigenvalue weighted by Crippen LogP contribution is -2.46. The summed E-state index contributed by atoms with van der Waals surface area (Å²) in [6.07, 6.45) is 3.14. The predicted molar refractivity (Wildman–Crippen MR) is 91.6 cm³/mol. The van der Waals surface area contributed by atoms with Gasteiger partial charge in [0.25, 0.3) is 0 Å². The molecule has 7 heteroatoms. The topological polar surface area (TPSA) is 55.6 Å². The number of carbonyl (C=O) groups excluding carboxylic acids is 1. The molecule has 132 valence electrons. The quantitative estimate of drug-likeness (QED) is 0.805. The second kappa shape index (κ2) is 7.56. The number of halogens is 3. The number of hydrogen-bond donors (Lipinski definition) is 1. The summed E-state index contributed by atoms with van der Waals surface area (Å²) in [6.45, 7) is 1.30. The Hall–Kier alpha value is -0.880. The molecule has 1 heterocycles. The Morgan fingerprint density at radius 2 is 2.08 bits per heavy atom. The fraction of sp³-hybridized carbons (Fsp3) is 0.588. The van der Waals surface area contributed by atoms with Crippen LogP contribution < -0.4 is 5.73 Å². The van der Waals surface area contributed by atoms with Crippen molar-refractivity contribution in [2.75, 3.05) is 19.7 Å². The zero-order valence-corrected chi connectivity index (χ0v) is 14.8. The molecule has 1 aromatic carbocycles. The highest BCUT2D eigenvalue weighted by atomic mass is 35.5. The van der Waals surface area contributed by atoms with Crippen molar-refractivity contribution < 1.29 is 13.9 Å². The van der Waals surface area contributed by atoms with Crippen molar-refractivity contribution in [3.8, 4) is 0 Å². The zero-order valence-electron chi connectivity index (χ0n) is 13.3. The maximum atomic E-state index is 13.8. The van der Waals surface area contributed by atoms with Crippen molar-refractivity contribution in [3.05, 3.63) is 33.6 Å². The molecule has 2 N–H and O–H groups in total. The maximum absolute atomic E-state index is 13.8. The van der Waals surface area contributed by atoms with Gasteiger partial charge in [0, 0.05) is 29.1 Å². The Kier molecular flexibility index (Phi) is 5.65. The normalized spacial score (nSPS) is 28.0. The minimum atomic E-state index is -0.540. The number of rotatable bonds is 2. The van der Waals surface area contributed by atoms with Gasteiger partial charge >= 0.3 is 0 Å². The van der Waals surface area contributed by atoms with Crippen LogP contribution in [0.5, 0.6) is 0 Å². The molecule has 2 aliphatic rings. The van der Waals surface area contributed by atoms with Gasteiger partial charge in [-0.2, -0.15) is 0 Å². The van der Waals surface area contributed by atoms with Crippen molar-refractivity contribution in [3.63, 3.8) is 0 Å². The van der Waals surface area contributed by atoms with E-state index in [9.17, 15) is 9.18 Å². The summed E-state index contributed by atoms with van der Waals surface area (Å²) in [5.74, 6) is -0.449. The molecule has 0 bridgehead atoms. The van der Waals surface area contributed by atoms with Gasteiger partial charge in [0.05, 0.1) is 18.2 Å². The summed E-state index contributed by atoms with van der Waals surface area (Å²) in [7, 11) is 0. The van der Waals surface area contributed by atoms with Gasteiger partial charge in [-0.25, -0.2) is 4.39 Å². The van der Waals surface area contributed by atoms with Crippen LogP contribution in [-0.4, -0.2) is 36.5 Å². The van der Waals surface area contributed by atoms with Crippen LogP contribution in [0.25, 0.3) is 0 Å². The molecule has 3 atom stereocenters. The Balaban J connectivity index is 1.72. The van der Waals surface area contributed by atoms with Gasteiger partial charge in [-0.3, -0.25) is 4.79 Å². The van der Waals surface area contributed by atoms with Crippen molar-refractivity contribution in [2.24, 2.45) is 11.7 Å². The summed E-state index contributed by atoms with van der Waals surface area (Å²) in [6, 6.07) is 2.77. The molecular weight excluding hydrogens is 354 g/mol. The summed E-state index contributed by atoms with van der Waals surface area (Å²) in [5, 5.41) is 0.323. The van der Waals surface area contributed by atoms with E-state index in [-0.39, 0.29) is 22.9 Å². The first-order valence-electron chi connectivity index (χ1n) is 8.26. The van der Waals surface area contributed by atoms with Crippen molar-refractivity contribution >= 4 is 29.1 Å². The van der Waals surface area contributed by atoms with Crippen LogP contribution in [0, 0.1) is 11.7 Å². The van der Waals surface area contributed by atoms with Gasteiger partial charge in [0.15, 0.2) is 0 Å². The van der Waals surface area contributed by atoms with E-state index in [0.717, 1.165) is 25.7 Å². The molecule has 0 spiro atoms. The molecular formula is C17H21Cl2FN2O2. The number of carbonyl (C=O) groups is 1. The largest absolute Gasteiger partial charge is 0.370 e. The molecule has 1 aromatic rings. The van der Waals surface area contributed by atoms with Crippen LogP contribution in [0.4, 0.5) is 4.39 Å². The van der Waals surface area contributed by atoms with Crippen molar-refractivity contribution in [1.82, 2.24) is 4.90 Å². The Bertz CT molecular complexity index is 629. The SMILES string of the molecule is NC1CCCC(C(=O)N2CCOC(c3cc(F)c(Cl)cc3Cl)C2)C1. The molecule has 1 aliphatic heterocycles. The van der Waals surface area contributed by atoms with Crippen molar-refractivity contribution in [1.29, 1.82) is 0 Å². The van der Waals surface area contributed by atoms with E-state index in [2.05, 4.69) is 0 Å². The number of ether oxygens (including phenoxy) is 1. The van der Waals surface area contributed by atoms with E-state index < -0.39 is 11.9 Å². The molecule has 1 amide bonds. The summed E-state index contributed by atoms with van der Waals surface area (Å²) < 4.78 is 19.5. The molecule has 1 saturated heterocycles. The maximum Gasteiger partial charge on any atom is 0.225 e. The molecule has 24 heavy (non-hydrogen) atoms. The van der Waals surface area contributed by atoms with Gasteiger partial charge in [-0.1, -0.05) is 29.6 Å². The minimum absolute atomic E-state index is 0.0232. The second-order valence-electron chi connectivity index (χ2n) is 6.56. The molecule has 4 nitrogen and oxygen atoms in total. The third-order valence-electron chi connectivity index (χ3n) is 4.83. The monoisotopic (exact) mass is 374 g/mol. The van der Waals surface area contributed by atoms with Crippen LogP contribution in [0.1, 0.15) is 37.4 Å². The molecule has 2 fully saturated rings. The summed E-state index contributed by atoms with van der Waals surface area (Å²) in [5.41, 5.74) is 6.52. The average Bonchev–Trinajstić information content (AvgIpc) is 2.57. The first-order chi connectivity index (χ1) is 11.5. The molecule has 1 aliphatic carbocycles. The van der Waals surface area contributed by atoms with Crippen LogP contribution in [0.15, 0.2) is 12.1 Å². The molecule has 0 aromatic heterocycles.